The zero-order valence-electron chi connectivity index (χ0n) is 15.2. The molecule has 4 aliphatic rings. The largest absolute Gasteiger partial charge is 0.504 e. The maximum absolute atomic E-state index is 10.8. The first-order valence-corrected chi connectivity index (χ1v) is 9.70. The van der Waals surface area contributed by atoms with E-state index in [1.165, 1.54) is 5.56 Å². The first kappa shape index (κ1) is 15.7. The van der Waals surface area contributed by atoms with E-state index in [1.807, 2.05) is 36.4 Å². The van der Waals surface area contributed by atoms with Gasteiger partial charge in [-0.3, -0.25) is 0 Å². The standard InChI is InChI=1S/C23H22NO3/c1-24-10-9-23-16-7-8-18(25)22(23)27-21-19(26)12-14(13-5-3-2-4-6-13)15(20(21)23)11-17(16)24/h3-8,12,16-18,22,25-26H,9-11H2,1H3/t16-,17+,18-,22-,23-/m0/s1. The molecule has 1 fully saturated rings. The number of aliphatic hydroxyl groups is 1. The number of ether oxygens (including phenoxy) is 1. The SMILES string of the molecule is CN1CC[C@]23c4c5c(-c6cc[c]cc6)cc(O)c4O[C@H]2[C@@H](O)C=C[C@H]3[C@H]1C5. The van der Waals surface area contributed by atoms with Crippen LogP contribution in [0.25, 0.3) is 11.1 Å². The third kappa shape index (κ3) is 1.80. The molecule has 2 aromatic rings. The molecular weight excluding hydrogens is 338 g/mol. The monoisotopic (exact) mass is 360 g/mol. The summed E-state index contributed by atoms with van der Waals surface area (Å²) < 4.78 is 6.27. The van der Waals surface area contributed by atoms with Gasteiger partial charge in [0.05, 0.1) is 0 Å². The van der Waals surface area contributed by atoms with Crippen LogP contribution in [0.5, 0.6) is 11.5 Å². The Labute approximate surface area is 158 Å². The summed E-state index contributed by atoms with van der Waals surface area (Å²) in [6.07, 6.45) is 4.99. The van der Waals surface area contributed by atoms with E-state index in [9.17, 15) is 10.2 Å². The van der Waals surface area contributed by atoms with Crippen LogP contribution in [0.3, 0.4) is 0 Å². The van der Waals surface area contributed by atoms with Crippen LogP contribution < -0.4 is 4.74 Å². The average Bonchev–Trinajstić information content (AvgIpc) is 3.04. The van der Waals surface area contributed by atoms with Crippen LogP contribution in [0.15, 0.2) is 42.5 Å². The minimum absolute atomic E-state index is 0.184. The highest BCUT2D eigenvalue weighted by Gasteiger charge is 2.64. The van der Waals surface area contributed by atoms with Crippen molar-refractivity contribution in [2.24, 2.45) is 5.92 Å². The number of benzene rings is 2. The van der Waals surface area contributed by atoms with Crippen LogP contribution in [0.2, 0.25) is 0 Å². The summed E-state index contributed by atoms with van der Waals surface area (Å²) in [5.41, 5.74) is 4.34. The first-order chi connectivity index (χ1) is 13.1. The Kier molecular flexibility index (Phi) is 3.00. The highest BCUT2D eigenvalue weighted by molar-refractivity contribution is 5.77. The molecule has 27 heavy (non-hydrogen) atoms. The van der Waals surface area contributed by atoms with E-state index < -0.39 is 6.10 Å². The smallest absolute Gasteiger partial charge is 0.165 e. The maximum Gasteiger partial charge on any atom is 0.165 e. The fourth-order valence-corrected chi connectivity index (χ4v) is 6.15. The van der Waals surface area contributed by atoms with Crippen molar-refractivity contribution in [2.45, 2.75) is 36.5 Å². The second-order valence-electron chi connectivity index (χ2n) is 8.40. The molecule has 2 aliphatic carbocycles. The molecule has 137 valence electrons. The van der Waals surface area contributed by atoms with Crippen molar-refractivity contribution in [2.75, 3.05) is 13.6 Å². The number of aliphatic hydroxyl groups excluding tert-OH is 1. The van der Waals surface area contributed by atoms with Crippen molar-refractivity contribution in [3.05, 3.63) is 59.7 Å². The number of likely N-dealkylation sites (N-methyl/N-ethyl adjacent to an activating group) is 1. The van der Waals surface area contributed by atoms with Crippen molar-refractivity contribution in [3.8, 4) is 22.6 Å². The number of aromatic hydroxyl groups is 1. The number of hydrogen-bond donors (Lipinski definition) is 2. The van der Waals surface area contributed by atoms with Crippen LogP contribution in [0.1, 0.15) is 17.5 Å². The third-order valence-electron chi connectivity index (χ3n) is 7.31. The normalized spacial score (nSPS) is 35.6. The van der Waals surface area contributed by atoms with Crippen LogP contribution in [-0.4, -0.2) is 47.0 Å². The summed E-state index contributed by atoms with van der Waals surface area (Å²) in [4.78, 5) is 2.45. The Hall–Kier alpha value is -2.30. The van der Waals surface area contributed by atoms with Crippen LogP contribution in [-0.2, 0) is 11.8 Å². The van der Waals surface area contributed by atoms with Gasteiger partial charge < -0.3 is 19.8 Å². The summed E-state index contributed by atoms with van der Waals surface area (Å²) in [5, 5.41) is 21.6. The van der Waals surface area contributed by atoms with Crippen molar-refractivity contribution in [1.82, 2.24) is 4.90 Å². The number of phenolic OH excluding ortho intramolecular Hbond substituents is 1. The van der Waals surface area contributed by atoms with Crippen LogP contribution in [0, 0.1) is 12.0 Å². The van der Waals surface area contributed by atoms with Gasteiger partial charge in [-0.15, -0.1) is 0 Å². The lowest BCUT2D eigenvalue weighted by Crippen LogP contribution is -2.64. The molecule has 2 heterocycles. The summed E-state index contributed by atoms with van der Waals surface area (Å²) in [6, 6.07) is 13.2. The quantitative estimate of drug-likeness (QED) is 0.768. The molecule has 0 aromatic heterocycles. The lowest BCUT2D eigenvalue weighted by molar-refractivity contribution is -0.0452. The zero-order chi connectivity index (χ0) is 18.3. The predicted octanol–water partition coefficient (Wildman–Crippen LogP) is 2.67. The topological polar surface area (TPSA) is 52.9 Å². The minimum Gasteiger partial charge on any atom is -0.504 e. The van der Waals surface area contributed by atoms with Gasteiger partial charge >= 0.3 is 0 Å². The van der Waals surface area contributed by atoms with E-state index in [0.29, 0.717) is 17.7 Å². The number of nitrogens with zero attached hydrogens (tertiary/aromatic N) is 1. The van der Waals surface area contributed by atoms with Crippen molar-refractivity contribution < 1.29 is 14.9 Å². The molecule has 0 amide bonds. The molecule has 2 aliphatic heterocycles. The molecule has 0 saturated carbocycles. The lowest BCUT2D eigenvalue weighted by Gasteiger charge is -2.56. The Morgan fingerprint density at radius 1 is 1.26 bits per heavy atom. The molecule has 5 atom stereocenters. The van der Waals surface area contributed by atoms with Crippen LogP contribution >= 0.6 is 0 Å². The number of phenols is 1. The summed E-state index contributed by atoms with van der Waals surface area (Å²) in [7, 11) is 2.20. The maximum atomic E-state index is 10.8. The van der Waals surface area contributed by atoms with Gasteiger partial charge in [-0.25, -0.2) is 0 Å². The first-order valence-electron chi connectivity index (χ1n) is 9.70. The number of piperidine rings is 1. The molecular formula is C23H22NO3. The van der Waals surface area contributed by atoms with Gasteiger partial charge in [0.2, 0.25) is 0 Å². The van der Waals surface area contributed by atoms with E-state index in [0.717, 1.165) is 36.1 Å². The van der Waals surface area contributed by atoms with Gasteiger partial charge in [0.15, 0.2) is 11.5 Å². The highest BCUT2D eigenvalue weighted by atomic mass is 16.5. The molecule has 0 unspecified atom stereocenters. The van der Waals surface area contributed by atoms with Crippen molar-refractivity contribution in [3.63, 3.8) is 0 Å². The number of rotatable bonds is 1. The Morgan fingerprint density at radius 3 is 2.89 bits per heavy atom. The van der Waals surface area contributed by atoms with E-state index in [2.05, 4.69) is 24.1 Å². The summed E-state index contributed by atoms with van der Waals surface area (Å²) in [6.45, 7) is 0.978. The molecule has 2 N–H and O–H groups in total. The fraction of sp³-hybridized carbons (Fsp3) is 0.391. The van der Waals surface area contributed by atoms with Crippen molar-refractivity contribution in [1.29, 1.82) is 0 Å². The molecule has 1 radical (unpaired) electrons. The molecule has 1 saturated heterocycles. The number of likely N-dealkylation sites (tertiary alicyclic amines) is 1. The van der Waals surface area contributed by atoms with Gasteiger partial charge in [0, 0.05) is 22.9 Å². The van der Waals surface area contributed by atoms with Crippen molar-refractivity contribution >= 4 is 0 Å². The summed E-state index contributed by atoms with van der Waals surface area (Å²) in [5.74, 6) is 1.08. The van der Waals surface area contributed by atoms with E-state index in [4.69, 9.17) is 4.74 Å². The van der Waals surface area contributed by atoms with Gasteiger partial charge in [0.25, 0.3) is 0 Å². The lowest BCUT2D eigenvalue weighted by atomic mass is 9.53. The van der Waals surface area contributed by atoms with Gasteiger partial charge in [-0.2, -0.15) is 0 Å². The van der Waals surface area contributed by atoms with E-state index in [1.54, 1.807) is 0 Å². The molecule has 4 heteroatoms. The van der Waals surface area contributed by atoms with Gasteiger partial charge in [0.1, 0.15) is 12.2 Å². The molecule has 1 spiro atoms. The van der Waals surface area contributed by atoms with Crippen LogP contribution in [0.4, 0.5) is 0 Å². The Balaban J connectivity index is 1.68. The van der Waals surface area contributed by atoms with E-state index in [-0.39, 0.29) is 17.3 Å². The highest BCUT2D eigenvalue weighted by Crippen LogP contribution is 2.63. The average molecular weight is 360 g/mol. The molecule has 2 bridgehead atoms. The second-order valence-corrected chi connectivity index (χ2v) is 8.40. The fourth-order valence-electron chi connectivity index (χ4n) is 6.15. The Bertz CT molecular complexity index is 969. The number of hydrogen-bond acceptors (Lipinski definition) is 4. The van der Waals surface area contributed by atoms with E-state index >= 15 is 0 Å². The predicted molar refractivity (Wildman–Crippen MR) is 102 cm³/mol. The Morgan fingerprint density at radius 2 is 2.07 bits per heavy atom. The minimum atomic E-state index is -0.641. The molecule has 6 rings (SSSR count). The van der Waals surface area contributed by atoms with Gasteiger partial charge in [-0.05, 0) is 55.3 Å². The molecule has 4 nitrogen and oxygen atoms in total. The molecule has 2 aromatic carbocycles. The zero-order valence-corrected chi connectivity index (χ0v) is 15.2. The second kappa shape index (κ2) is 5.15. The summed E-state index contributed by atoms with van der Waals surface area (Å²) >= 11 is 0. The van der Waals surface area contributed by atoms with Gasteiger partial charge in [-0.1, -0.05) is 36.4 Å². The third-order valence-corrected chi connectivity index (χ3v) is 7.31.